The van der Waals surface area contributed by atoms with Crippen molar-refractivity contribution >= 4 is 29.9 Å². The zero-order valence-electron chi connectivity index (χ0n) is 14.4. The minimum Gasteiger partial charge on any atom is -0.357 e. The number of hydrogen-bond acceptors (Lipinski definition) is 2. The average molecular weight is 422 g/mol. The summed E-state index contributed by atoms with van der Waals surface area (Å²) in [5, 5.41) is 7.03. The Morgan fingerprint density at radius 1 is 1.14 bits per heavy atom. The number of piperidine rings is 1. The van der Waals surface area contributed by atoms with Crippen LogP contribution in [-0.2, 0) is 0 Å². The quantitative estimate of drug-likeness (QED) is 0.359. The van der Waals surface area contributed by atoms with Gasteiger partial charge in [0, 0.05) is 32.2 Å². The van der Waals surface area contributed by atoms with E-state index in [9.17, 15) is 0 Å². The summed E-state index contributed by atoms with van der Waals surface area (Å²) in [6.45, 7) is 10.1. The van der Waals surface area contributed by atoms with Crippen LogP contribution >= 0.6 is 24.0 Å². The molecule has 0 aromatic heterocycles. The maximum Gasteiger partial charge on any atom is 0.191 e. The smallest absolute Gasteiger partial charge is 0.191 e. The molecule has 4 nitrogen and oxygen atoms in total. The fraction of sp³-hybridized carbons (Fsp3) is 0.941. The molecule has 2 rings (SSSR count). The predicted octanol–water partition coefficient (Wildman–Crippen LogP) is 3.22. The number of halogens is 1. The third kappa shape index (κ3) is 7.99. The molecule has 0 spiro atoms. The summed E-state index contributed by atoms with van der Waals surface area (Å²) >= 11 is 0. The molecule has 5 heteroatoms. The van der Waals surface area contributed by atoms with Crippen molar-refractivity contribution in [2.24, 2.45) is 10.9 Å². The molecule has 2 aliphatic rings. The van der Waals surface area contributed by atoms with Gasteiger partial charge in [-0.25, -0.2) is 0 Å². The first kappa shape index (κ1) is 20.0. The first-order valence-corrected chi connectivity index (χ1v) is 9.09. The molecule has 0 amide bonds. The summed E-state index contributed by atoms with van der Waals surface area (Å²) in [6, 6.07) is 0.599. The van der Waals surface area contributed by atoms with E-state index in [0.29, 0.717) is 6.04 Å². The fourth-order valence-electron chi connectivity index (χ4n) is 2.96. The van der Waals surface area contributed by atoms with Crippen LogP contribution in [0.25, 0.3) is 0 Å². The molecule has 0 aromatic carbocycles. The number of guanidine groups is 1. The molecule has 1 heterocycles. The second-order valence-corrected chi connectivity index (χ2v) is 6.61. The number of likely N-dealkylation sites (tertiary alicyclic amines) is 1. The second kappa shape index (κ2) is 11.5. The maximum atomic E-state index is 4.74. The maximum absolute atomic E-state index is 4.74. The Kier molecular flexibility index (Phi) is 10.4. The van der Waals surface area contributed by atoms with Crippen LogP contribution < -0.4 is 10.6 Å². The molecular formula is C17H35IN4. The average Bonchev–Trinajstić information content (AvgIpc) is 3.31. The van der Waals surface area contributed by atoms with Gasteiger partial charge in [-0.3, -0.25) is 4.99 Å². The van der Waals surface area contributed by atoms with Gasteiger partial charge in [-0.15, -0.1) is 24.0 Å². The van der Waals surface area contributed by atoms with Crippen molar-refractivity contribution in [3.8, 4) is 0 Å². The summed E-state index contributed by atoms with van der Waals surface area (Å²) in [7, 11) is 0. The number of nitrogens with zero attached hydrogens (tertiary/aromatic N) is 2. The molecule has 2 N–H and O–H groups in total. The zero-order chi connectivity index (χ0) is 14.9. The lowest BCUT2D eigenvalue weighted by Crippen LogP contribution is -2.48. The molecule has 130 valence electrons. The topological polar surface area (TPSA) is 39.7 Å². The number of nitrogens with one attached hydrogen (secondary N) is 2. The highest BCUT2D eigenvalue weighted by atomic mass is 127. The second-order valence-electron chi connectivity index (χ2n) is 6.61. The summed E-state index contributed by atoms with van der Waals surface area (Å²) in [4.78, 5) is 7.35. The van der Waals surface area contributed by atoms with Gasteiger partial charge in [-0.1, -0.05) is 26.2 Å². The van der Waals surface area contributed by atoms with Crippen LogP contribution in [0, 0.1) is 5.92 Å². The largest absolute Gasteiger partial charge is 0.357 e. The molecule has 22 heavy (non-hydrogen) atoms. The van der Waals surface area contributed by atoms with Crippen molar-refractivity contribution in [3.05, 3.63) is 0 Å². The summed E-state index contributed by atoms with van der Waals surface area (Å²) < 4.78 is 0. The fourth-order valence-corrected chi connectivity index (χ4v) is 2.96. The third-order valence-corrected chi connectivity index (χ3v) is 4.60. The van der Waals surface area contributed by atoms with Crippen LogP contribution in [0.5, 0.6) is 0 Å². The van der Waals surface area contributed by atoms with Gasteiger partial charge in [0.1, 0.15) is 0 Å². The van der Waals surface area contributed by atoms with Crippen LogP contribution in [0.3, 0.4) is 0 Å². The van der Waals surface area contributed by atoms with Crippen molar-refractivity contribution in [1.29, 1.82) is 0 Å². The molecule has 1 aliphatic heterocycles. The predicted molar refractivity (Wildman–Crippen MR) is 106 cm³/mol. The molecule has 2 fully saturated rings. The van der Waals surface area contributed by atoms with Crippen LogP contribution in [0.15, 0.2) is 4.99 Å². The monoisotopic (exact) mass is 422 g/mol. The van der Waals surface area contributed by atoms with Gasteiger partial charge in [0.2, 0.25) is 0 Å². The lowest BCUT2D eigenvalue weighted by Gasteiger charge is -2.33. The van der Waals surface area contributed by atoms with Gasteiger partial charge in [0.25, 0.3) is 0 Å². The van der Waals surface area contributed by atoms with E-state index in [2.05, 4.69) is 29.4 Å². The highest BCUT2D eigenvalue weighted by Gasteiger charge is 2.21. The van der Waals surface area contributed by atoms with E-state index in [0.717, 1.165) is 25.0 Å². The van der Waals surface area contributed by atoms with Crippen molar-refractivity contribution < 1.29 is 0 Å². The van der Waals surface area contributed by atoms with E-state index < -0.39 is 0 Å². The van der Waals surface area contributed by atoms with Crippen LogP contribution in [-0.4, -0.2) is 49.6 Å². The van der Waals surface area contributed by atoms with Crippen molar-refractivity contribution in [2.45, 2.75) is 64.8 Å². The SMILES string of the molecule is CCCCN1CCC(NC(=NCCC2CC2)NCC)CC1.I. The van der Waals surface area contributed by atoms with Gasteiger partial charge < -0.3 is 15.5 Å². The highest BCUT2D eigenvalue weighted by Crippen LogP contribution is 2.32. The van der Waals surface area contributed by atoms with Gasteiger partial charge >= 0.3 is 0 Å². The van der Waals surface area contributed by atoms with Crippen molar-refractivity contribution in [3.63, 3.8) is 0 Å². The first-order chi connectivity index (χ1) is 10.3. The number of rotatable bonds is 8. The molecular weight excluding hydrogens is 387 g/mol. The van der Waals surface area contributed by atoms with Gasteiger partial charge in [-0.2, -0.15) is 0 Å². The molecule has 0 atom stereocenters. The van der Waals surface area contributed by atoms with Crippen LogP contribution in [0.4, 0.5) is 0 Å². The molecule has 0 aromatic rings. The Morgan fingerprint density at radius 3 is 2.45 bits per heavy atom. The molecule has 0 radical (unpaired) electrons. The third-order valence-electron chi connectivity index (χ3n) is 4.60. The lowest BCUT2D eigenvalue weighted by atomic mass is 10.0. The van der Waals surface area contributed by atoms with E-state index in [1.165, 1.54) is 64.6 Å². The minimum atomic E-state index is 0. The zero-order valence-corrected chi connectivity index (χ0v) is 16.8. The number of hydrogen-bond donors (Lipinski definition) is 2. The molecule has 0 unspecified atom stereocenters. The molecule has 0 bridgehead atoms. The standard InChI is InChI=1S/C17H34N4.HI/c1-3-5-12-21-13-9-16(10-14-21)20-17(18-4-2)19-11-8-15-6-7-15;/h15-16H,3-14H2,1-2H3,(H2,18,19,20);1H. The van der Waals surface area contributed by atoms with Gasteiger partial charge in [-0.05, 0) is 45.1 Å². The molecule has 1 aliphatic carbocycles. The van der Waals surface area contributed by atoms with E-state index in [4.69, 9.17) is 4.99 Å². The first-order valence-electron chi connectivity index (χ1n) is 9.09. The van der Waals surface area contributed by atoms with E-state index >= 15 is 0 Å². The van der Waals surface area contributed by atoms with Crippen molar-refractivity contribution in [1.82, 2.24) is 15.5 Å². The number of aliphatic imine (C=N–C) groups is 1. The van der Waals surface area contributed by atoms with E-state index in [1.54, 1.807) is 0 Å². The lowest BCUT2D eigenvalue weighted by molar-refractivity contribution is 0.203. The van der Waals surface area contributed by atoms with E-state index in [-0.39, 0.29) is 24.0 Å². The molecule has 1 saturated carbocycles. The van der Waals surface area contributed by atoms with Crippen LogP contribution in [0.2, 0.25) is 0 Å². The van der Waals surface area contributed by atoms with Crippen LogP contribution in [0.1, 0.15) is 58.8 Å². The Bertz CT molecular complexity index is 310. The van der Waals surface area contributed by atoms with Gasteiger partial charge in [0.05, 0.1) is 0 Å². The Balaban J connectivity index is 0.00000242. The highest BCUT2D eigenvalue weighted by molar-refractivity contribution is 14.0. The number of unbranched alkanes of at least 4 members (excludes halogenated alkanes) is 1. The van der Waals surface area contributed by atoms with Gasteiger partial charge in [0.15, 0.2) is 5.96 Å². The summed E-state index contributed by atoms with van der Waals surface area (Å²) in [5.74, 6) is 2.00. The Labute approximate surface area is 153 Å². The van der Waals surface area contributed by atoms with Crippen molar-refractivity contribution in [2.75, 3.05) is 32.7 Å². The Hall–Kier alpha value is -0.0400. The normalized spacial score (nSPS) is 20.5. The summed E-state index contributed by atoms with van der Waals surface area (Å²) in [5.41, 5.74) is 0. The minimum absolute atomic E-state index is 0. The Morgan fingerprint density at radius 2 is 1.86 bits per heavy atom. The summed E-state index contributed by atoms with van der Waals surface area (Å²) in [6.07, 6.45) is 9.25. The molecule has 1 saturated heterocycles. The van der Waals surface area contributed by atoms with E-state index in [1.807, 2.05) is 0 Å².